The molecular formula is C4H5ClN4O2. The highest BCUT2D eigenvalue weighted by atomic mass is 35.5. The first-order chi connectivity index (χ1) is 5.11. The first-order valence-corrected chi connectivity index (χ1v) is 3.20. The van der Waals surface area contributed by atoms with Crippen molar-refractivity contribution in [2.24, 2.45) is 15.7 Å². The summed E-state index contributed by atoms with van der Waals surface area (Å²) in [5.41, 5.74) is 4.19. The molecule has 0 aromatic rings. The summed E-state index contributed by atoms with van der Waals surface area (Å²) in [6, 6.07) is -1.07. The Hall–Kier alpha value is -1.17. The molecule has 6 nitrogen and oxygen atoms in total. The number of alkyl halides is 1. The second kappa shape index (κ2) is 2.83. The Morgan fingerprint density at radius 2 is 2.45 bits per heavy atom. The molecule has 0 spiro atoms. The number of rotatable bonds is 1. The molecule has 1 aliphatic rings. The Balaban J connectivity index is 2.77. The van der Waals surface area contributed by atoms with Gasteiger partial charge in [0.15, 0.2) is 5.50 Å². The van der Waals surface area contributed by atoms with Gasteiger partial charge in [-0.15, -0.1) is 0 Å². The van der Waals surface area contributed by atoms with Crippen LogP contribution in [-0.4, -0.2) is 28.6 Å². The third-order valence-corrected chi connectivity index (χ3v) is 1.50. The van der Waals surface area contributed by atoms with E-state index in [0.29, 0.717) is 0 Å². The van der Waals surface area contributed by atoms with Crippen molar-refractivity contribution >= 4 is 23.8 Å². The maximum Gasteiger partial charge on any atom is 0.283 e. The first kappa shape index (κ1) is 7.93. The Labute approximate surface area is 66.9 Å². The molecule has 60 valence electrons. The molecule has 2 N–H and O–H groups in total. The van der Waals surface area contributed by atoms with E-state index in [2.05, 4.69) is 9.98 Å². The van der Waals surface area contributed by atoms with Crippen LogP contribution in [0.4, 0.5) is 0 Å². The largest absolute Gasteiger partial charge is 0.368 e. The van der Waals surface area contributed by atoms with E-state index in [0.717, 1.165) is 6.21 Å². The molecule has 7 heteroatoms. The van der Waals surface area contributed by atoms with E-state index >= 15 is 0 Å². The molecule has 0 aromatic heterocycles. The SMILES string of the molecule is NC1=NC(Cl)C([N+](=O)[O-])C=N1. The lowest BCUT2D eigenvalue weighted by atomic mass is 10.3. The highest BCUT2D eigenvalue weighted by Crippen LogP contribution is 2.09. The Bertz CT molecular complexity index is 238. The number of nitrogens with two attached hydrogens (primary N) is 1. The molecule has 0 aliphatic carbocycles. The van der Waals surface area contributed by atoms with Gasteiger partial charge in [0, 0.05) is 4.92 Å². The number of nitrogens with zero attached hydrogens (tertiary/aromatic N) is 3. The highest BCUT2D eigenvalue weighted by molar-refractivity contribution is 6.23. The summed E-state index contributed by atoms with van der Waals surface area (Å²) in [4.78, 5) is 16.6. The number of aliphatic imine (C=N–C) groups is 2. The predicted octanol–water partition coefficient (Wildman–Crippen LogP) is -0.404. The zero-order chi connectivity index (χ0) is 8.43. The van der Waals surface area contributed by atoms with Crippen molar-refractivity contribution in [3.63, 3.8) is 0 Å². The molecule has 0 fully saturated rings. The van der Waals surface area contributed by atoms with E-state index in [9.17, 15) is 10.1 Å². The minimum Gasteiger partial charge on any atom is -0.368 e. The fourth-order valence-corrected chi connectivity index (χ4v) is 0.872. The maximum absolute atomic E-state index is 10.2. The van der Waals surface area contributed by atoms with Crippen LogP contribution < -0.4 is 5.73 Å². The molecule has 0 bridgehead atoms. The maximum atomic E-state index is 10.2. The average molecular weight is 177 g/mol. The fourth-order valence-electron chi connectivity index (χ4n) is 0.615. The lowest BCUT2D eigenvalue weighted by Crippen LogP contribution is -2.35. The predicted molar refractivity (Wildman–Crippen MR) is 40.5 cm³/mol. The van der Waals surface area contributed by atoms with Crippen LogP contribution in [0.25, 0.3) is 0 Å². The Kier molecular flexibility index (Phi) is 2.04. The molecule has 0 saturated heterocycles. The summed E-state index contributed by atoms with van der Waals surface area (Å²) in [5.74, 6) is -0.0249. The molecular weight excluding hydrogens is 172 g/mol. The van der Waals surface area contributed by atoms with Crippen molar-refractivity contribution in [3.05, 3.63) is 10.1 Å². The van der Waals surface area contributed by atoms with Crippen molar-refractivity contribution in [2.45, 2.75) is 11.5 Å². The van der Waals surface area contributed by atoms with Gasteiger partial charge in [0.05, 0.1) is 6.21 Å². The molecule has 1 rings (SSSR count). The quantitative estimate of drug-likeness (QED) is 0.255. The fraction of sp³-hybridized carbons (Fsp3) is 0.500. The third-order valence-electron chi connectivity index (χ3n) is 1.14. The van der Waals surface area contributed by atoms with Gasteiger partial charge in [0.1, 0.15) is 0 Å². The summed E-state index contributed by atoms with van der Waals surface area (Å²) in [5, 5.41) is 10.2. The van der Waals surface area contributed by atoms with Crippen LogP contribution in [0.15, 0.2) is 9.98 Å². The van der Waals surface area contributed by atoms with E-state index in [4.69, 9.17) is 17.3 Å². The van der Waals surface area contributed by atoms with Crippen molar-refractivity contribution in [1.82, 2.24) is 0 Å². The number of guanidine groups is 1. The van der Waals surface area contributed by atoms with Crippen molar-refractivity contribution in [2.75, 3.05) is 0 Å². The van der Waals surface area contributed by atoms with E-state index in [1.165, 1.54) is 0 Å². The molecule has 2 atom stereocenters. The van der Waals surface area contributed by atoms with Crippen molar-refractivity contribution < 1.29 is 4.92 Å². The van der Waals surface area contributed by atoms with Gasteiger partial charge < -0.3 is 5.73 Å². The zero-order valence-electron chi connectivity index (χ0n) is 5.35. The van der Waals surface area contributed by atoms with Gasteiger partial charge in [0.25, 0.3) is 6.04 Å². The van der Waals surface area contributed by atoms with Crippen LogP contribution in [0, 0.1) is 10.1 Å². The summed E-state index contributed by atoms with van der Waals surface area (Å²) in [6.45, 7) is 0. The third kappa shape index (κ3) is 1.64. The van der Waals surface area contributed by atoms with Gasteiger partial charge in [0.2, 0.25) is 5.96 Å². The average Bonchev–Trinajstić information content (AvgIpc) is 1.85. The normalized spacial score (nSPS) is 29.7. The van der Waals surface area contributed by atoms with E-state index < -0.39 is 16.5 Å². The van der Waals surface area contributed by atoms with Crippen LogP contribution in [0.3, 0.4) is 0 Å². The number of hydrogen-bond donors (Lipinski definition) is 1. The van der Waals surface area contributed by atoms with Crippen LogP contribution in [0.2, 0.25) is 0 Å². The van der Waals surface area contributed by atoms with Crippen molar-refractivity contribution in [3.8, 4) is 0 Å². The molecule has 2 unspecified atom stereocenters. The Morgan fingerprint density at radius 3 is 2.91 bits per heavy atom. The monoisotopic (exact) mass is 176 g/mol. The number of nitro groups is 1. The lowest BCUT2D eigenvalue weighted by Gasteiger charge is -2.10. The molecule has 0 amide bonds. The molecule has 0 radical (unpaired) electrons. The second-order valence-corrected chi connectivity index (χ2v) is 2.36. The smallest absolute Gasteiger partial charge is 0.283 e. The van der Waals surface area contributed by atoms with Crippen LogP contribution in [0.1, 0.15) is 0 Å². The molecule has 0 saturated carbocycles. The van der Waals surface area contributed by atoms with Gasteiger partial charge >= 0.3 is 0 Å². The zero-order valence-corrected chi connectivity index (χ0v) is 6.10. The molecule has 1 aliphatic heterocycles. The van der Waals surface area contributed by atoms with E-state index in [1.807, 2.05) is 0 Å². The lowest BCUT2D eigenvalue weighted by molar-refractivity contribution is -0.501. The number of halogens is 1. The van der Waals surface area contributed by atoms with E-state index in [-0.39, 0.29) is 5.96 Å². The summed E-state index contributed by atoms with van der Waals surface area (Å²) < 4.78 is 0. The van der Waals surface area contributed by atoms with Gasteiger partial charge in [-0.05, 0) is 0 Å². The van der Waals surface area contributed by atoms with Gasteiger partial charge in [-0.25, -0.2) is 9.98 Å². The Morgan fingerprint density at radius 1 is 1.82 bits per heavy atom. The highest BCUT2D eigenvalue weighted by Gasteiger charge is 2.30. The minimum absolute atomic E-state index is 0.0249. The van der Waals surface area contributed by atoms with Gasteiger partial charge in [-0.3, -0.25) is 10.1 Å². The van der Waals surface area contributed by atoms with Crippen LogP contribution >= 0.6 is 11.6 Å². The molecule has 1 heterocycles. The van der Waals surface area contributed by atoms with Crippen LogP contribution in [-0.2, 0) is 0 Å². The van der Waals surface area contributed by atoms with E-state index in [1.54, 1.807) is 0 Å². The summed E-state index contributed by atoms with van der Waals surface area (Å²) in [6.07, 6.45) is 1.08. The topological polar surface area (TPSA) is 93.9 Å². The first-order valence-electron chi connectivity index (χ1n) is 2.76. The van der Waals surface area contributed by atoms with Crippen LogP contribution in [0.5, 0.6) is 0 Å². The second-order valence-electron chi connectivity index (χ2n) is 1.91. The standard InChI is InChI=1S/C4H5ClN4O2/c5-3-2(9(10)11)1-7-4(6)8-3/h1-3H,(H2,6,8). The molecule has 0 aromatic carbocycles. The molecule has 11 heavy (non-hydrogen) atoms. The van der Waals surface area contributed by atoms with Gasteiger partial charge in [-0.2, -0.15) is 0 Å². The minimum atomic E-state index is -1.07. The number of hydrogen-bond acceptors (Lipinski definition) is 5. The summed E-state index contributed by atoms with van der Waals surface area (Å²) in [7, 11) is 0. The van der Waals surface area contributed by atoms with Gasteiger partial charge in [-0.1, -0.05) is 11.6 Å². The summed E-state index contributed by atoms with van der Waals surface area (Å²) >= 11 is 5.47. The van der Waals surface area contributed by atoms with Crippen molar-refractivity contribution in [1.29, 1.82) is 0 Å².